The van der Waals surface area contributed by atoms with E-state index in [1.165, 1.54) is 68.2 Å². The zero-order valence-corrected chi connectivity index (χ0v) is 18.2. The van der Waals surface area contributed by atoms with Gasteiger partial charge in [-0.2, -0.15) is 0 Å². The number of anilines is 2. The molecule has 2 aliphatic carbocycles. The molecule has 30 heavy (non-hydrogen) atoms. The van der Waals surface area contributed by atoms with Gasteiger partial charge >= 0.3 is 0 Å². The highest BCUT2D eigenvalue weighted by Gasteiger charge is 2.21. The maximum absolute atomic E-state index is 12.4. The van der Waals surface area contributed by atoms with E-state index in [-0.39, 0.29) is 11.8 Å². The predicted octanol–water partition coefficient (Wildman–Crippen LogP) is 6.79. The van der Waals surface area contributed by atoms with Crippen molar-refractivity contribution in [3.8, 4) is 0 Å². The minimum atomic E-state index is 0.193. The van der Waals surface area contributed by atoms with Crippen LogP contribution < -0.4 is 10.6 Å². The van der Waals surface area contributed by atoms with Gasteiger partial charge in [0.1, 0.15) is 0 Å². The molecule has 3 nitrogen and oxygen atoms in total. The first kappa shape index (κ1) is 21.0. The third-order valence-electron chi connectivity index (χ3n) is 6.88. The van der Waals surface area contributed by atoms with Gasteiger partial charge in [0.25, 0.3) is 0 Å². The number of nitrogens with one attached hydrogen (secondary N) is 2. The number of rotatable bonds is 7. The van der Waals surface area contributed by atoms with Crippen LogP contribution in [0.2, 0.25) is 0 Å². The largest absolute Gasteiger partial charge is 0.385 e. The Hall–Kier alpha value is -2.29. The quantitative estimate of drug-likeness (QED) is 0.533. The lowest BCUT2D eigenvalue weighted by Crippen LogP contribution is -2.24. The molecule has 0 radical (unpaired) electrons. The molecule has 0 heterocycles. The predicted molar refractivity (Wildman–Crippen MR) is 126 cm³/mol. The molecule has 0 saturated heterocycles. The van der Waals surface area contributed by atoms with Gasteiger partial charge in [0.05, 0.1) is 0 Å². The third-order valence-corrected chi connectivity index (χ3v) is 6.88. The normalized spacial score (nSPS) is 18.1. The lowest BCUT2D eigenvalue weighted by molar-refractivity contribution is -0.120. The number of hydrogen-bond donors (Lipinski definition) is 2. The summed E-state index contributed by atoms with van der Waals surface area (Å²) in [5.41, 5.74) is 4.73. The van der Waals surface area contributed by atoms with Gasteiger partial charge in [-0.05, 0) is 73.4 Å². The molecule has 2 aromatic carbocycles. The van der Waals surface area contributed by atoms with Crippen molar-refractivity contribution >= 4 is 17.3 Å². The van der Waals surface area contributed by atoms with Crippen LogP contribution in [0.5, 0.6) is 0 Å². The summed E-state index contributed by atoms with van der Waals surface area (Å²) in [5, 5.41) is 6.72. The molecular formula is C27H36N2O. The monoisotopic (exact) mass is 404 g/mol. The number of carbonyl (C=O) groups is 1. The number of benzene rings is 2. The molecule has 0 aliphatic heterocycles. The van der Waals surface area contributed by atoms with E-state index in [1.807, 2.05) is 12.1 Å². The van der Waals surface area contributed by atoms with Crippen LogP contribution in [0.4, 0.5) is 11.4 Å². The van der Waals surface area contributed by atoms with E-state index in [4.69, 9.17) is 0 Å². The average Bonchev–Trinajstić information content (AvgIpc) is 2.81. The smallest absolute Gasteiger partial charge is 0.227 e. The summed E-state index contributed by atoms with van der Waals surface area (Å²) in [6.07, 6.45) is 13.6. The maximum Gasteiger partial charge on any atom is 0.227 e. The molecular weight excluding hydrogens is 368 g/mol. The topological polar surface area (TPSA) is 41.1 Å². The van der Waals surface area contributed by atoms with Crippen LogP contribution in [0.1, 0.15) is 75.3 Å². The summed E-state index contributed by atoms with van der Waals surface area (Å²) < 4.78 is 0. The van der Waals surface area contributed by atoms with Gasteiger partial charge in [-0.1, -0.05) is 62.8 Å². The lowest BCUT2D eigenvalue weighted by Gasteiger charge is -2.22. The highest BCUT2D eigenvalue weighted by molar-refractivity contribution is 5.92. The molecule has 2 aromatic rings. The van der Waals surface area contributed by atoms with Crippen LogP contribution in [0.3, 0.4) is 0 Å². The van der Waals surface area contributed by atoms with Gasteiger partial charge in [-0.3, -0.25) is 4.79 Å². The Morgan fingerprint density at radius 3 is 1.83 bits per heavy atom. The van der Waals surface area contributed by atoms with Gasteiger partial charge < -0.3 is 10.6 Å². The number of hydrogen-bond acceptors (Lipinski definition) is 2. The highest BCUT2D eigenvalue weighted by Crippen LogP contribution is 2.26. The van der Waals surface area contributed by atoms with E-state index in [9.17, 15) is 4.79 Å². The van der Waals surface area contributed by atoms with Crippen LogP contribution in [0, 0.1) is 11.8 Å². The number of amides is 1. The molecule has 3 heteroatoms. The molecule has 2 N–H and O–H groups in total. The van der Waals surface area contributed by atoms with Crippen molar-refractivity contribution in [1.29, 1.82) is 0 Å². The van der Waals surface area contributed by atoms with Gasteiger partial charge in [0, 0.05) is 23.8 Å². The Balaban J connectivity index is 1.25. The zero-order chi connectivity index (χ0) is 20.6. The molecule has 2 aliphatic rings. The minimum Gasteiger partial charge on any atom is -0.385 e. The molecule has 160 valence electrons. The van der Waals surface area contributed by atoms with Crippen molar-refractivity contribution in [2.75, 3.05) is 17.2 Å². The van der Waals surface area contributed by atoms with Gasteiger partial charge in [0.15, 0.2) is 0 Å². The summed E-state index contributed by atoms with van der Waals surface area (Å²) in [7, 11) is 0. The van der Waals surface area contributed by atoms with E-state index >= 15 is 0 Å². The van der Waals surface area contributed by atoms with Gasteiger partial charge in [-0.25, -0.2) is 0 Å². The molecule has 0 unspecified atom stereocenters. The Bertz CT molecular complexity index is 785. The summed E-state index contributed by atoms with van der Waals surface area (Å²) >= 11 is 0. The van der Waals surface area contributed by atoms with Crippen molar-refractivity contribution in [3.05, 3.63) is 59.7 Å². The van der Waals surface area contributed by atoms with E-state index in [2.05, 4.69) is 47.0 Å². The fraction of sp³-hybridized carbons (Fsp3) is 0.519. The Morgan fingerprint density at radius 1 is 0.700 bits per heavy atom. The Kier molecular flexibility index (Phi) is 7.44. The standard InChI is InChI=1S/C27H36N2O/c30-27(24-9-5-2-6-10-24)29-26-17-13-22(14-18-26)19-21-11-15-25(16-12-21)28-20-23-7-3-1-4-8-23/h11-18,23-24,28H,1-10,19-20H2,(H,29,30). The van der Waals surface area contributed by atoms with Crippen LogP contribution in [-0.4, -0.2) is 12.5 Å². The summed E-state index contributed by atoms with van der Waals surface area (Å²) in [6.45, 7) is 1.10. The minimum absolute atomic E-state index is 0.193. The molecule has 0 spiro atoms. The first-order valence-corrected chi connectivity index (χ1v) is 12.0. The lowest BCUT2D eigenvalue weighted by atomic mass is 9.88. The van der Waals surface area contributed by atoms with Crippen LogP contribution in [0.15, 0.2) is 48.5 Å². The van der Waals surface area contributed by atoms with Crippen molar-refractivity contribution in [2.45, 2.75) is 70.6 Å². The Labute approximate surface area is 181 Å². The fourth-order valence-electron chi connectivity index (χ4n) is 4.94. The summed E-state index contributed by atoms with van der Waals surface area (Å²) in [6, 6.07) is 17.2. The molecule has 4 rings (SSSR count). The second-order valence-corrected chi connectivity index (χ2v) is 9.28. The van der Waals surface area contributed by atoms with E-state index in [0.29, 0.717) is 0 Å². The van der Waals surface area contributed by atoms with Crippen LogP contribution in [-0.2, 0) is 11.2 Å². The van der Waals surface area contributed by atoms with Gasteiger partial charge in [0.2, 0.25) is 5.91 Å². The average molecular weight is 405 g/mol. The van der Waals surface area contributed by atoms with E-state index in [0.717, 1.165) is 37.4 Å². The summed E-state index contributed by atoms with van der Waals surface area (Å²) in [5.74, 6) is 1.23. The van der Waals surface area contributed by atoms with Crippen molar-refractivity contribution in [3.63, 3.8) is 0 Å². The highest BCUT2D eigenvalue weighted by atomic mass is 16.1. The van der Waals surface area contributed by atoms with Crippen molar-refractivity contribution in [2.24, 2.45) is 11.8 Å². The van der Waals surface area contributed by atoms with Crippen LogP contribution >= 0.6 is 0 Å². The molecule has 2 saturated carbocycles. The van der Waals surface area contributed by atoms with Crippen LogP contribution in [0.25, 0.3) is 0 Å². The number of carbonyl (C=O) groups excluding carboxylic acids is 1. The summed E-state index contributed by atoms with van der Waals surface area (Å²) in [4.78, 5) is 12.4. The second-order valence-electron chi connectivity index (χ2n) is 9.28. The third kappa shape index (κ3) is 6.10. The van der Waals surface area contributed by atoms with Crippen molar-refractivity contribution < 1.29 is 4.79 Å². The first-order chi connectivity index (χ1) is 14.8. The molecule has 0 atom stereocenters. The maximum atomic E-state index is 12.4. The Morgan fingerprint density at radius 2 is 1.23 bits per heavy atom. The van der Waals surface area contributed by atoms with Crippen molar-refractivity contribution in [1.82, 2.24) is 0 Å². The molecule has 0 bridgehead atoms. The second kappa shape index (κ2) is 10.7. The fourth-order valence-corrected chi connectivity index (χ4v) is 4.94. The van der Waals surface area contributed by atoms with E-state index < -0.39 is 0 Å². The SMILES string of the molecule is O=C(Nc1ccc(Cc2ccc(NCC3CCCCC3)cc2)cc1)C1CCCCC1. The molecule has 1 amide bonds. The van der Waals surface area contributed by atoms with Gasteiger partial charge in [-0.15, -0.1) is 0 Å². The van der Waals surface area contributed by atoms with E-state index in [1.54, 1.807) is 0 Å². The molecule has 2 fully saturated rings. The first-order valence-electron chi connectivity index (χ1n) is 12.0. The zero-order valence-electron chi connectivity index (χ0n) is 18.2. The molecule has 0 aromatic heterocycles.